The summed E-state index contributed by atoms with van der Waals surface area (Å²) >= 11 is 0. The topological polar surface area (TPSA) is 49.4 Å². The van der Waals surface area contributed by atoms with Crippen molar-refractivity contribution in [2.24, 2.45) is 0 Å². The van der Waals surface area contributed by atoms with Crippen LogP contribution in [0.3, 0.4) is 0 Å². The van der Waals surface area contributed by atoms with Crippen LogP contribution in [0.1, 0.15) is 11.1 Å². The van der Waals surface area contributed by atoms with Gasteiger partial charge in [0.05, 0.1) is 13.1 Å². The van der Waals surface area contributed by atoms with Crippen LogP contribution in [0.5, 0.6) is 0 Å². The van der Waals surface area contributed by atoms with E-state index < -0.39 is 10.0 Å². The van der Waals surface area contributed by atoms with E-state index in [1.807, 2.05) is 50.2 Å². The maximum atomic E-state index is 11.7. The maximum Gasteiger partial charge on any atom is 0.234 e. The van der Waals surface area contributed by atoms with Crippen LogP contribution in [0.25, 0.3) is 6.08 Å². The quantitative estimate of drug-likeness (QED) is 0.836. The third-order valence-corrected chi connectivity index (χ3v) is 3.44. The van der Waals surface area contributed by atoms with Crippen molar-refractivity contribution in [3.8, 4) is 11.8 Å². The summed E-state index contributed by atoms with van der Waals surface area (Å²) in [5.74, 6) is 5.62. The lowest BCUT2D eigenvalue weighted by molar-refractivity contribution is 0.463. The first kappa shape index (κ1) is 16.4. The molecule has 1 aromatic rings. The van der Waals surface area contributed by atoms with Gasteiger partial charge in [0, 0.05) is 5.41 Å². The predicted octanol–water partition coefficient (Wildman–Crippen LogP) is 1.45. The molecule has 20 heavy (non-hydrogen) atoms. The second-order valence-electron chi connectivity index (χ2n) is 4.67. The summed E-state index contributed by atoms with van der Waals surface area (Å²) < 4.78 is 25.8. The number of nitrogens with one attached hydrogen (secondary N) is 1. The molecule has 0 aliphatic heterocycles. The minimum atomic E-state index is -3.44. The Balaban J connectivity index is 2.52. The SMILES string of the molecule is Cc1ccc(C=CS(=O)(=O)NCC#CCN(C)C)cc1. The van der Waals surface area contributed by atoms with Gasteiger partial charge in [-0.15, -0.1) is 0 Å². The lowest BCUT2D eigenvalue weighted by Crippen LogP contribution is -2.21. The van der Waals surface area contributed by atoms with Crippen LogP contribution < -0.4 is 4.72 Å². The molecule has 0 aliphatic carbocycles. The lowest BCUT2D eigenvalue weighted by atomic mass is 10.2. The molecule has 0 saturated carbocycles. The Hall–Kier alpha value is -1.61. The zero-order chi connectivity index (χ0) is 15.0. The fourth-order valence-electron chi connectivity index (χ4n) is 1.31. The first-order valence-electron chi connectivity index (χ1n) is 6.24. The molecular weight excluding hydrogens is 272 g/mol. The third-order valence-electron chi connectivity index (χ3n) is 2.40. The van der Waals surface area contributed by atoms with Crippen LogP contribution in [0, 0.1) is 18.8 Å². The van der Waals surface area contributed by atoms with E-state index in [1.54, 1.807) is 6.08 Å². The van der Waals surface area contributed by atoms with Crippen LogP contribution in [-0.4, -0.2) is 40.5 Å². The van der Waals surface area contributed by atoms with Gasteiger partial charge in [0.1, 0.15) is 0 Å². The number of rotatable bonds is 5. The summed E-state index contributed by atoms with van der Waals surface area (Å²) in [4.78, 5) is 1.92. The van der Waals surface area contributed by atoms with Gasteiger partial charge in [-0.05, 0) is 32.7 Å². The van der Waals surface area contributed by atoms with E-state index in [2.05, 4.69) is 16.6 Å². The average molecular weight is 292 g/mol. The highest BCUT2D eigenvalue weighted by Gasteiger charge is 2.02. The van der Waals surface area contributed by atoms with Crippen molar-refractivity contribution in [3.05, 3.63) is 40.8 Å². The van der Waals surface area contributed by atoms with E-state index in [4.69, 9.17) is 0 Å². The molecule has 0 fully saturated rings. The maximum absolute atomic E-state index is 11.7. The van der Waals surface area contributed by atoms with Gasteiger partial charge >= 0.3 is 0 Å². The van der Waals surface area contributed by atoms with E-state index in [0.717, 1.165) is 16.5 Å². The summed E-state index contributed by atoms with van der Waals surface area (Å²) in [6.07, 6.45) is 1.56. The highest BCUT2D eigenvalue weighted by atomic mass is 32.2. The number of sulfonamides is 1. The Morgan fingerprint density at radius 3 is 2.45 bits per heavy atom. The highest BCUT2D eigenvalue weighted by Crippen LogP contribution is 2.05. The van der Waals surface area contributed by atoms with Crippen LogP contribution >= 0.6 is 0 Å². The van der Waals surface area contributed by atoms with E-state index in [0.29, 0.717) is 6.54 Å². The van der Waals surface area contributed by atoms with Crippen LogP contribution in [0.4, 0.5) is 0 Å². The van der Waals surface area contributed by atoms with Gasteiger partial charge in [0.25, 0.3) is 0 Å². The summed E-state index contributed by atoms with van der Waals surface area (Å²) in [6.45, 7) is 2.72. The van der Waals surface area contributed by atoms with Crippen molar-refractivity contribution in [2.75, 3.05) is 27.2 Å². The van der Waals surface area contributed by atoms with Crippen LogP contribution in [-0.2, 0) is 10.0 Å². The van der Waals surface area contributed by atoms with Crippen LogP contribution in [0.2, 0.25) is 0 Å². The monoisotopic (exact) mass is 292 g/mol. The van der Waals surface area contributed by atoms with Gasteiger partial charge < -0.3 is 0 Å². The van der Waals surface area contributed by atoms with Gasteiger partial charge in [-0.25, -0.2) is 8.42 Å². The van der Waals surface area contributed by atoms with Gasteiger partial charge in [-0.1, -0.05) is 41.7 Å². The number of aryl methyl sites for hydroxylation is 1. The summed E-state index contributed by atoms with van der Waals surface area (Å²) in [5, 5.41) is 1.16. The first-order valence-corrected chi connectivity index (χ1v) is 7.78. The number of hydrogen-bond acceptors (Lipinski definition) is 3. The molecule has 0 atom stereocenters. The van der Waals surface area contributed by atoms with Crippen molar-refractivity contribution in [3.63, 3.8) is 0 Å². The molecule has 5 heteroatoms. The molecule has 0 bridgehead atoms. The minimum absolute atomic E-state index is 0.119. The molecule has 4 nitrogen and oxygen atoms in total. The zero-order valence-electron chi connectivity index (χ0n) is 12.1. The standard InChI is InChI=1S/C15H20N2O2S/c1-14-6-8-15(9-7-14)10-13-20(18,19)16-11-4-5-12-17(2)3/h6-10,13,16H,11-12H2,1-3H3. The molecule has 0 radical (unpaired) electrons. The van der Waals surface area contributed by atoms with Gasteiger partial charge in [0.2, 0.25) is 10.0 Å². The van der Waals surface area contributed by atoms with Crippen molar-refractivity contribution in [2.45, 2.75) is 6.92 Å². The fraction of sp³-hybridized carbons (Fsp3) is 0.333. The largest absolute Gasteiger partial charge is 0.299 e. The highest BCUT2D eigenvalue weighted by molar-refractivity contribution is 7.92. The average Bonchev–Trinajstić information content (AvgIpc) is 2.37. The smallest absolute Gasteiger partial charge is 0.234 e. The van der Waals surface area contributed by atoms with E-state index >= 15 is 0 Å². The van der Waals surface area contributed by atoms with Gasteiger partial charge in [-0.3, -0.25) is 4.90 Å². The molecule has 0 saturated heterocycles. The predicted molar refractivity (Wildman–Crippen MR) is 83.5 cm³/mol. The molecular formula is C15H20N2O2S. The van der Waals surface area contributed by atoms with E-state index in [9.17, 15) is 8.42 Å². The second kappa shape index (κ2) is 7.85. The fourth-order valence-corrected chi connectivity index (χ4v) is 2.01. The Morgan fingerprint density at radius 1 is 1.20 bits per heavy atom. The number of hydrogen-bond donors (Lipinski definition) is 1. The molecule has 0 unspecified atom stereocenters. The van der Waals surface area contributed by atoms with E-state index in [-0.39, 0.29) is 6.54 Å². The van der Waals surface area contributed by atoms with Crippen LogP contribution in [0.15, 0.2) is 29.7 Å². The molecule has 1 aromatic carbocycles. The summed E-state index contributed by atoms with van der Waals surface area (Å²) in [5.41, 5.74) is 1.99. The second-order valence-corrected chi connectivity index (χ2v) is 6.32. The first-order chi connectivity index (χ1) is 9.39. The molecule has 0 aliphatic rings. The molecule has 0 heterocycles. The zero-order valence-corrected chi connectivity index (χ0v) is 12.9. The van der Waals surface area contributed by atoms with Crippen molar-refractivity contribution >= 4 is 16.1 Å². The van der Waals surface area contributed by atoms with Crippen molar-refractivity contribution < 1.29 is 8.42 Å². The molecule has 0 spiro atoms. The number of benzene rings is 1. The Bertz CT molecular complexity index is 606. The number of nitrogens with zero attached hydrogens (tertiary/aromatic N) is 1. The van der Waals surface area contributed by atoms with Gasteiger partial charge in [0.15, 0.2) is 0 Å². The molecule has 0 aromatic heterocycles. The summed E-state index contributed by atoms with van der Waals surface area (Å²) in [6, 6.07) is 7.62. The minimum Gasteiger partial charge on any atom is -0.299 e. The van der Waals surface area contributed by atoms with E-state index in [1.165, 1.54) is 0 Å². The Labute approximate surface area is 121 Å². The molecule has 108 valence electrons. The normalized spacial score (nSPS) is 11.6. The third kappa shape index (κ3) is 7.10. The molecule has 1 N–H and O–H groups in total. The van der Waals surface area contributed by atoms with Gasteiger partial charge in [-0.2, -0.15) is 4.72 Å². The van der Waals surface area contributed by atoms with Crippen molar-refractivity contribution in [1.29, 1.82) is 0 Å². The van der Waals surface area contributed by atoms with Crippen molar-refractivity contribution in [1.82, 2.24) is 9.62 Å². The summed E-state index contributed by atoms with van der Waals surface area (Å²) in [7, 11) is 0.375. The Kier molecular flexibility index (Phi) is 6.46. The molecule has 1 rings (SSSR count). The lowest BCUT2D eigenvalue weighted by Gasteiger charge is -2.01. The Morgan fingerprint density at radius 2 is 1.85 bits per heavy atom. The molecule has 0 amide bonds.